The summed E-state index contributed by atoms with van der Waals surface area (Å²) in [5.74, 6) is 0.868. The molecule has 1 amide bonds. The average molecular weight is 228 g/mol. The van der Waals surface area contributed by atoms with Crippen LogP contribution in [0.2, 0.25) is 0 Å². The molecule has 2 N–H and O–H groups in total. The maximum atomic E-state index is 12.1. The van der Waals surface area contributed by atoms with Gasteiger partial charge in [0.15, 0.2) is 0 Å². The zero-order chi connectivity index (χ0) is 12.6. The Kier molecular flexibility index (Phi) is 8.26. The van der Waals surface area contributed by atoms with Crippen LogP contribution in [0, 0.1) is 11.8 Å². The molecule has 0 saturated heterocycles. The zero-order valence-electron chi connectivity index (χ0n) is 11.3. The van der Waals surface area contributed by atoms with E-state index in [9.17, 15) is 4.79 Å². The number of hydrogen-bond donors (Lipinski definition) is 1. The van der Waals surface area contributed by atoms with E-state index in [1.165, 1.54) is 0 Å². The van der Waals surface area contributed by atoms with Crippen molar-refractivity contribution >= 4 is 5.91 Å². The number of carbonyl (C=O) groups excluding carboxylic acids is 1. The summed E-state index contributed by atoms with van der Waals surface area (Å²) in [6.07, 6.45) is 3.12. The molecule has 0 saturated carbocycles. The molecule has 0 radical (unpaired) electrons. The third kappa shape index (κ3) is 4.52. The van der Waals surface area contributed by atoms with Gasteiger partial charge in [-0.15, -0.1) is 0 Å². The van der Waals surface area contributed by atoms with Gasteiger partial charge in [-0.3, -0.25) is 4.79 Å². The Morgan fingerprint density at radius 1 is 1.12 bits per heavy atom. The molecular formula is C13H28N2O. The third-order valence-corrected chi connectivity index (χ3v) is 3.45. The third-order valence-electron chi connectivity index (χ3n) is 3.45. The largest absolute Gasteiger partial charge is 0.342 e. The monoisotopic (exact) mass is 228 g/mol. The SMILES string of the molecule is CCC(CC)CN(CC)C(=O)C(CC)CN. The van der Waals surface area contributed by atoms with Gasteiger partial charge in [0.2, 0.25) is 5.91 Å². The molecule has 0 bridgehead atoms. The summed E-state index contributed by atoms with van der Waals surface area (Å²) < 4.78 is 0. The van der Waals surface area contributed by atoms with Crippen molar-refractivity contribution in [3.05, 3.63) is 0 Å². The van der Waals surface area contributed by atoms with E-state index in [1.807, 2.05) is 18.7 Å². The molecule has 0 aromatic carbocycles. The van der Waals surface area contributed by atoms with Gasteiger partial charge >= 0.3 is 0 Å². The molecule has 1 atom stereocenters. The standard InChI is InChI=1S/C13H28N2O/c1-5-11(6-2)10-15(8-4)13(16)12(7-3)9-14/h11-12H,5-10,14H2,1-4H3. The minimum Gasteiger partial charge on any atom is -0.342 e. The number of hydrogen-bond acceptors (Lipinski definition) is 2. The van der Waals surface area contributed by atoms with Gasteiger partial charge in [0, 0.05) is 19.6 Å². The summed E-state index contributed by atoms with van der Waals surface area (Å²) in [6, 6.07) is 0. The van der Waals surface area contributed by atoms with Crippen molar-refractivity contribution < 1.29 is 4.79 Å². The second-order valence-electron chi connectivity index (χ2n) is 4.40. The Balaban J connectivity index is 4.41. The summed E-state index contributed by atoms with van der Waals surface area (Å²) in [5.41, 5.74) is 5.63. The fourth-order valence-electron chi connectivity index (χ4n) is 1.93. The van der Waals surface area contributed by atoms with Gasteiger partial charge < -0.3 is 10.6 Å². The normalized spacial score (nSPS) is 12.9. The Hall–Kier alpha value is -0.570. The van der Waals surface area contributed by atoms with E-state index in [1.54, 1.807) is 0 Å². The number of nitrogens with zero attached hydrogens (tertiary/aromatic N) is 1. The summed E-state index contributed by atoms with van der Waals surface area (Å²) in [6.45, 7) is 10.6. The molecule has 0 aliphatic rings. The molecule has 3 heteroatoms. The molecule has 0 aromatic rings. The van der Waals surface area contributed by atoms with Crippen LogP contribution >= 0.6 is 0 Å². The highest BCUT2D eigenvalue weighted by molar-refractivity contribution is 5.79. The second-order valence-corrected chi connectivity index (χ2v) is 4.40. The lowest BCUT2D eigenvalue weighted by Crippen LogP contribution is -2.41. The van der Waals surface area contributed by atoms with Gasteiger partial charge in [-0.1, -0.05) is 33.6 Å². The van der Waals surface area contributed by atoms with E-state index in [2.05, 4.69) is 13.8 Å². The van der Waals surface area contributed by atoms with Crippen molar-refractivity contribution in [3.8, 4) is 0 Å². The van der Waals surface area contributed by atoms with Crippen molar-refractivity contribution in [3.63, 3.8) is 0 Å². The first kappa shape index (κ1) is 15.4. The summed E-state index contributed by atoms with van der Waals surface area (Å²) in [4.78, 5) is 14.1. The molecule has 3 nitrogen and oxygen atoms in total. The number of nitrogens with two attached hydrogens (primary N) is 1. The van der Waals surface area contributed by atoms with Crippen molar-refractivity contribution in [2.24, 2.45) is 17.6 Å². The highest BCUT2D eigenvalue weighted by atomic mass is 16.2. The van der Waals surface area contributed by atoms with E-state index in [0.717, 1.165) is 32.4 Å². The Bertz CT molecular complexity index is 186. The van der Waals surface area contributed by atoms with E-state index < -0.39 is 0 Å². The first-order valence-corrected chi connectivity index (χ1v) is 6.63. The molecule has 16 heavy (non-hydrogen) atoms. The number of amides is 1. The van der Waals surface area contributed by atoms with Crippen LogP contribution in [-0.4, -0.2) is 30.4 Å². The topological polar surface area (TPSA) is 46.3 Å². The van der Waals surface area contributed by atoms with E-state index in [4.69, 9.17) is 5.73 Å². The Morgan fingerprint density at radius 2 is 1.69 bits per heavy atom. The van der Waals surface area contributed by atoms with Crippen LogP contribution in [0.3, 0.4) is 0 Å². The van der Waals surface area contributed by atoms with Crippen LogP contribution in [0.5, 0.6) is 0 Å². The average Bonchev–Trinajstić information content (AvgIpc) is 2.32. The van der Waals surface area contributed by atoms with Crippen LogP contribution in [0.4, 0.5) is 0 Å². The predicted octanol–water partition coefficient (Wildman–Crippen LogP) is 2.26. The molecule has 0 aliphatic carbocycles. The molecular weight excluding hydrogens is 200 g/mol. The van der Waals surface area contributed by atoms with Crippen LogP contribution in [0.1, 0.15) is 47.0 Å². The quantitative estimate of drug-likeness (QED) is 0.692. The van der Waals surface area contributed by atoms with E-state index >= 15 is 0 Å². The fourth-order valence-corrected chi connectivity index (χ4v) is 1.93. The molecule has 0 aliphatic heterocycles. The van der Waals surface area contributed by atoms with Gasteiger partial charge in [-0.2, -0.15) is 0 Å². The van der Waals surface area contributed by atoms with Gasteiger partial charge in [-0.25, -0.2) is 0 Å². The van der Waals surface area contributed by atoms with Crippen molar-refractivity contribution in [2.75, 3.05) is 19.6 Å². The lowest BCUT2D eigenvalue weighted by Gasteiger charge is -2.28. The maximum Gasteiger partial charge on any atom is 0.226 e. The van der Waals surface area contributed by atoms with Crippen LogP contribution in [-0.2, 0) is 4.79 Å². The molecule has 0 aromatic heterocycles. The summed E-state index contributed by atoms with van der Waals surface area (Å²) >= 11 is 0. The highest BCUT2D eigenvalue weighted by Crippen LogP contribution is 2.13. The predicted molar refractivity (Wildman–Crippen MR) is 69.2 cm³/mol. The first-order valence-electron chi connectivity index (χ1n) is 6.63. The molecule has 96 valence electrons. The first-order chi connectivity index (χ1) is 7.64. The zero-order valence-corrected chi connectivity index (χ0v) is 11.3. The fraction of sp³-hybridized carbons (Fsp3) is 0.923. The van der Waals surface area contributed by atoms with Crippen molar-refractivity contribution in [2.45, 2.75) is 47.0 Å². The van der Waals surface area contributed by atoms with Gasteiger partial charge in [-0.05, 0) is 19.3 Å². The molecule has 0 rings (SSSR count). The van der Waals surface area contributed by atoms with Gasteiger partial charge in [0.05, 0.1) is 5.92 Å². The lowest BCUT2D eigenvalue weighted by molar-refractivity contribution is -0.135. The maximum absolute atomic E-state index is 12.1. The van der Waals surface area contributed by atoms with Crippen LogP contribution < -0.4 is 5.73 Å². The molecule has 0 fully saturated rings. The van der Waals surface area contributed by atoms with Crippen molar-refractivity contribution in [1.82, 2.24) is 4.90 Å². The lowest BCUT2D eigenvalue weighted by atomic mass is 10.0. The van der Waals surface area contributed by atoms with Crippen LogP contribution in [0.25, 0.3) is 0 Å². The minimum atomic E-state index is 0.00862. The Morgan fingerprint density at radius 3 is 2.00 bits per heavy atom. The highest BCUT2D eigenvalue weighted by Gasteiger charge is 2.22. The smallest absolute Gasteiger partial charge is 0.226 e. The van der Waals surface area contributed by atoms with E-state index in [-0.39, 0.29) is 11.8 Å². The molecule has 0 spiro atoms. The van der Waals surface area contributed by atoms with E-state index in [0.29, 0.717) is 12.5 Å². The second kappa shape index (κ2) is 8.57. The van der Waals surface area contributed by atoms with Gasteiger partial charge in [0.25, 0.3) is 0 Å². The Labute approximate surface area is 100 Å². The number of carbonyl (C=O) groups is 1. The van der Waals surface area contributed by atoms with Gasteiger partial charge in [0.1, 0.15) is 0 Å². The van der Waals surface area contributed by atoms with Crippen molar-refractivity contribution in [1.29, 1.82) is 0 Å². The van der Waals surface area contributed by atoms with Crippen LogP contribution in [0.15, 0.2) is 0 Å². The molecule has 1 unspecified atom stereocenters. The number of rotatable bonds is 8. The summed E-state index contributed by atoms with van der Waals surface area (Å²) in [7, 11) is 0. The molecule has 0 heterocycles. The minimum absolute atomic E-state index is 0.00862. The summed E-state index contributed by atoms with van der Waals surface area (Å²) in [5, 5.41) is 0.